The maximum Gasteiger partial charge on any atom is 0.408 e. The number of hydrogen-bond acceptors (Lipinski definition) is 10. The van der Waals surface area contributed by atoms with Crippen LogP contribution in [-0.2, 0) is 43.5 Å². The first-order valence-electron chi connectivity index (χ1n) is 16.3. The average Bonchev–Trinajstić information content (AvgIpc) is 3.51. The van der Waals surface area contributed by atoms with Crippen LogP contribution in [0.25, 0.3) is 0 Å². The second kappa shape index (κ2) is 15.4. The molecule has 0 unspecified atom stereocenters. The molecule has 1 saturated carbocycles. The van der Waals surface area contributed by atoms with Crippen molar-refractivity contribution in [1.29, 1.82) is 0 Å². The van der Waals surface area contributed by atoms with Gasteiger partial charge in [0.25, 0.3) is 5.91 Å². The van der Waals surface area contributed by atoms with E-state index in [2.05, 4.69) is 16.0 Å². The van der Waals surface area contributed by atoms with Crippen molar-refractivity contribution in [2.75, 3.05) is 17.6 Å². The normalized spacial score (nSPS) is 26.7. The van der Waals surface area contributed by atoms with E-state index < -0.39 is 86.7 Å². The number of rotatable bonds is 7. The van der Waals surface area contributed by atoms with Gasteiger partial charge in [0.1, 0.15) is 35.1 Å². The van der Waals surface area contributed by atoms with Crippen LogP contribution >= 0.6 is 0 Å². The van der Waals surface area contributed by atoms with E-state index in [4.69, 9.17) is 9.47 Å². The lowest BCUT2D eigenvalue weighted by Gasteiger charge is -2.30. The molecule has 2 heterocycles. The van der Waals surface area contributed by atoms with Crippen LogP contribution in [0.1, 0.15) is 72.6 Å². The summed E-state index contributed by atoms with van der Waals surface area (Å²) in [5.41, 5.74) is -2.13. The fourth-order valence-electron chi connectivity index (χ4n) is 6.01. The molecule has 4 rings (SSSR count). The summed E-state index contributed by atoms with van der Waals surface area (Å²) in [4.78, 5) is 79.8. The molecule has 268 valence electrons. The number of alkyl carbamates (subject to hydrolysis) is 1. The molecule has 5 atom stereocenters. The van der Waals surface area contributed by atoms with Gasteiger partial charge in [0, 0.05) is 24.9 Å². The number of fused-ring (bicyclic) bond motifs is 2. The molecule has 1 saturated heterocycles. The number of amides is 5. The predicted molar refractivity (Wildman–Crippen MR) is 177 cm³/mol. The molecular weight excluding hydrogens is 658 g/mol. The van der Waals surface area contributed by atoms with Crippen molar-refractivity contribution < 1.29 is 46.7 Å². The van der Waals surface area contributed by atoms with Crippen LogP contribution in [0, 0.1) is 5.92 Å². The van der Waals surface area contributed by atoms with Gasteiger partial charge in [-0.3, -0.25) is 28.7 Å². The third kappa shape index (κ3) is 10.5. The van der Waals surface area contributed by atoms with E-state index in [-0.39, 0.29) is 25.8 Å². The van der Waals surface area contributed by atoms with Crippen molar-refractivity contribution in [3.63, 3.8) is 0 Å². The summed E-state index contributed by atoms with van der Waals surface area (Å²) in [5, 5.41) is 7.78. The van der Waals surface area contributed by atoms with Crippen LogP contribution < -0.4 is 20.7 Å². The van der Waals surface area contributed by atoms with Gasteiger partial charge in [-0.1, -0.05) is 43.2 Å². The van der Waals surface area contributed by atoms with Gasteiger partial charge in [0.2, 0.25) is 27.7 Å². The second-order valence-corrected chi connectivity index (χ2v) is 15.3. The van der Waals surface area contributed by atoms with Gasteiger partial charge in [0.15, 0.2) is 0 Å². The Balaban J connectivity index is 1.57. The number of ether oxygens (including phenoxy) is 2. The van der Waals surface area contributed by atoms with Crippen LogP contribution in [0.4, 0.5) is 10.5 Å². The van der Waals surface area contributed by atoms with Crippen LogP contribution in [0.3, 0.4) is 0 Å². The smallest absolute Gasteiger partial charge is 0.408 e. The first kappa shape index (κ1) is 37.4. The Labute approximate surface area is 285 Å². The molecule has 0 radical (unpaired) electrons. The molecule has 1 aromatic carbocycles. The number of allylic oxidation sites excluding steroid dienone is 1. The van der Waals surface area contributed by atoms with Gasteiger partial charge >= 0.3 is 12.1 Å². The summed E-state index contributed by atoms with van der Waals surface area (Å²) in [5.74, 6) is -5.47. The molecular formula is C33H45N5O10S. The first-order valence-corrected chi connectivity index (χ1v) is 18.0. The number of sulfonamides is 1. The van der Waals surface area contributed by atoms with E-state index in [0.717, 1.165) is 6.42 Å². The minimum Gasteiger partial charge on any atom is -0.461 e. The maximum atomic E-state index is 14.0. The van der Waals surface area contributed by atoms with Crippen molar-refractivity contribution >= 4 is 51.4 Å². The fraction of sp³-hybridized carbons (Fsp3) is 0.576. The number of nitrogens with one attached hydrogen (secondary N) is 4. The van der Waals surface area contributed by atoms with E-state index in [1.165, 1.54) is 11.8 Å². The largest absolute Gasteiger partial charge is 0.461 e. The molecule has 0 aromatic heterocycles. The van der Waals surface area contributed by atoms with Gasteiger partial charge in [-0.05, 0) is 58.6 Å². The minimum atomic E-state index is -4.49. The predicted octanol–water partition coefficient (Wildman–Crippen LogP) is 1.89. The number of anilines is 1. The zero-order chi connectivity index (χ0) is 36.0. The highest BCUT2D eigenvalue weighted by molar-refractivity contribution is 7.90. The molecule has 4 N–H and O–H groups in total. The summed E-state index contributed by atoms with van der Waals surface area (Å²) in [6.45, 7) is 6.11. The zero-order valence-electron chi connectivity index (χ0n) is 28.2. The Morgan fingerprint density at radius 3 is 2.45 bits per heavy atom. The number of para-hydroxylation sites is 1. The second-order valence-electron chi connectivity index (χ2n) is 13.6. The van der Waals surface area contributed by atoms with E-state index in [1.54, 1.807) is 57.2 Å². The summed E-state index contributed by atoms with van der Waals surface area (Å²) in [6.07, 6.45) is 4.83. The van der Waals surface area contributed by atoms with E-state index in [1.807, 2.05) is 10.8 Å². The summed E-state index contributed by atoms with van der Waals surface area (Å²) in [7, 11) is -4.49. The third-order valence-corrected chi connectivity index (χ3v) is 9.43. The monoisotopic (exact) mass is 703 g/mol. The fourth-order valence-corrected chi connectivity index (χ4v) is 6.96. The van der Waals surface area contributed by atoms with E-state index >= 15 is 0 Å². The molecule has 1 aromatic rings. The Hall–Kier alpha value is -4.47. The lowest BCUT2D eigenvalue weighted by Crippen LogP contribution is -2.58. The summed E-state index contributed by atoms with van der Waals surface area (Å²) < 4.78 is 38.6. The highest BCUT2D eigenvalue weighted by Gasteiger charge is 2.61. The Kier molecular flexibility index (Phi) is 11.7. The lowest BCUT2D eigenvalue weighted by atomic mass is 10.0. The maximum absolute atomic E-state index is 14.0. The van der Waals surface area contributed by atoms with Crippen LogP contribution in [0.15, 0.2) is 42.5 Å². The molecule has 3 aliphatic rings. The molecule has 2 fully saturated rings. The molecule has 2 aliphatic heterocycles. The number of carbonyl (C=O) groups excluding carboxylic acids is 6. The molecule has 0 bridgehead atoms. The van der Waals surface area contributed by atoms with Gasteiger partial charge in [0.05, 0.1) is 6.54 Å². The minimum absolute atomic E-state index is 0.0731. The van der Waals surface area contributed by atoms with Crippen LogP contribution in [0.2, 0.25) is 0 Å². The third-order valence-electron chi connectivity index (χ3n) is 8.30. The number of hydrogen-bond donors (Lipinski definition) is 4. The SMILES string of the molecule is CC(=O)O[C@@H]1C[C@H]2C(=O)N[C@]3(C(=O)NS(=O)(=O)CC(=O)Nc4ccccc4)C[C@H]3/C=C\CCCCC[C@H](NC(=O)OC(C)(C)C)C(=O)N2C1. The number of benzene rings is 1. The highest BCUT2D eigenvalue weighted by atomic mass is 32.2. The average molecular weight is 704 g/mol. The van der Waals surface area contributed by atoms with Gasteiger partial charge in [-0.25, -0.2) is 13.2 Å². The number of nitrogens with zero attached hydrogens (tertiary/aromatic N) is 1. The van der Waals surface area contributed by atoms with Gasteiger partial charge in [-0.2, -0.15) is 0 Å². The standard InChI is InChI=1S/C33H45N5O10S/c1-21(39)47-24-17-26-28(41)36-33(30(43)37-49(45,46)20-27(40)34-23-14-10-8-11-15-23)18-22(33)13-9-6-5-7-12-16-25(29(42)38(26)19-24)35-31(44)48-32(2,3)4/h8-11,13-15,22,24-26H,5-7,12,16-20H2,1-4H3,(H,34,40)(H,35,44)(H,36,41)(H,37,43)/b13-9-/t22-,24-,25+,26+,33-/m1/s1. The van der Waals surface area contributed by atoms with Crippen molar-refractivity contribution in [1.82, 2.24) is 20.3 Å². The van der Waals surface area contributed by atoms with Crippen molar-refractivity contribution in [2.45, 2.75) is 102 Å². The molecule has 49 heavy (non-hydrogen) atoms. The van der Waals surface area contributed by atoms with Crippen molar-refractivity contribution in [3.8, 4) is 0 Å². The van der Waals surface area contributed by atoms with Crippen LogP contribution in [0.5, 0.6) is 0 Å². The zero-order valence-corrected chi connectivity index (χ0v) is 29.0. The molecule has 5 amide bonds. The topological polar surface area (TPSA) is 206 Å². The van der Waals surface area contributed by atoms with Crippen LogP contribution in [-0.4, -0.2) is 90.6 Å². The Morgan fingerprint density at radius 1 is 1.06 bits per heavy atom. The lowest BCUT2D eigenvalue weighted by molar-refractivity contribution is -0.146. The number of carbonyl (C=O) groups is 6. The quantitative estimate of drug-likeness (QED) is 0.240. The van der Waals surface area contributed by atoms with E-state index in [9.17, 15) is 37.2 Å². The van der Waals surface area contributed by atoms with Gasteiger partial charge < -0.3 is 30.3 Å². The van der Waals surface area contributed by atoms with Crippen molar-refractivity contribution in [3.05, 3.63) is 42.5 Å². The summed E-state index contributed by atoms with van der Waals surface area (Å²) >= 11 is 0. The van der Waals surface area contributed by atoms with Crippen molar-refractivity contribution in [2.24, 2.45) is 5.92 Å². The molecule has 0 spiro atoms. The molecule has 1 aliphatic carbocycles. The molecule has 16 heteroatoms. The Bertz CT molecular complexity index is 1580. The Morgan fingerprint density at radius 2 is 1.78 bits per heavy atom. The van der Waals surface area contributed by atoms with Gasteiger partial charge in [-0.15, -0.1) is 0 Å². The highest BCUT2D eigenvalue weighted by Crippen LogP contribution is 2.45. The summed E-state index contributed by atoms with van der Waals surface area (Å²) in [6, 6.07) is 5.94. The molecule has 15 nitrogen and oxygen atoms in total. The first-order chi connectivity index (χ1) is 23.0. The number of esters is 1. The van der Waals surface area contributed by atoms with E-state index in [0.29, 0.717) is 24.9 Å².